The molecule has 2 aromatic rings. The molecule has 0 aliphatic rings. The highest BCUT2D eigenvalue weighted by Crippen LogP contribution is 2.22. The van der Waals surface area contributed by atoms with Crippen LogP contribution in [0.25, 0.3) is 0 Å². The number of esters is 1. The lowest BCUT2D eigenvalue weighted by atomic mass is 10.1. The molecule has 0 saturated carbocycles. The number of hydrogen-bond donors (Lipinski definition) is 1. The maximum Gasteiger partial charge on any atom is 0.325 e. The van der Waals surface area contributed by atoms with E-state index in [1.165, 1.54) is 17.0 Å². The Morgan fingerprint density at radius 1 is 0.931 bits per heavy atom. The van der Waals surface area contributed by atoms with Crippen LogP contribution >= 0.6 is 0 Å². The lowest BCUT2D eigenvalue weighted by Gasteiger charge is -2.26. The number of nitrogens with one attached hydrogen (secondary N) is 1. The number of benzene rings is 2. The van der Waals surface area contributed by atoms with E-state index in [1.54, 1.807) is 76.5 Å². The summed E-state index contributed by atoms with van der Waals surface area (Å²) in [5, 5.41) is 0. The SMILES string of the molecule is CC(C)[C@H](NS(=O)(=O)c1ccccc1)C(=O)O[C@@H](C(=O)N(C)C)c1ccccc1. The first-order valence-corrected chi connectivity index (χ1v) is 10.7. The summed E-state index contributed by atoms with van der Waals surface area (Å²) >= 11 is 0. The fourth-order valence-electron chi connectivity index (χ4n) is 2.60. The largest absolute Gasteiger partial charge is 0.446 e. The topological polar surface area (TPSA) is 92.8 Å². The number of likely N-dealkylation sites (N-methyl/N-ethyl adjacent to an activating group) is 1. The van der Waals surface area contributed by atoms with Crippen molar-refractivity contribution >= 4 is 21.9 Å². The van der Waals surface area contributed by atoms with E-state index in [-0.39, 0.29) is 4.90 Å². The summed E-state index contributed by atoms with van der Waals surface area (Å²) < 4.78 is 33.2. The summed E-state index contributed by atoms with van der Waals surface area (Å²) in [5.41, 5.74) is 0.507. The standard InChI is InChI=1S/C21H26N2O5S/c1-15(2)18(22-29(26,27)17-13-9-6-10-14-17)21(25)28-19(20(24)23(3)4)16-11-7-5-8-12-16/h5-15,18-19,22H,1-4H3/t18-,19+/m0/s1. The molecule has 0 bridgehead atoms. The van der Waals surface area contributed by atoms with Crippen molar-refractivity contribution in [3.8, 4) is 0 Å². The normalized spacial score (nSPS) is 13.6. The van der Waals surface area contributed by atoms with E-state index >= 15 is 0 Å². The second kappa shape index (κ2) is 9.67. The summed E-state index contributed by atoms with van der Waals surface area (Å²) in [6.45, 7) is 3.40. The van der Waals surface area contributed by atoms with Crippen molar-refractivity contribution < 1.29 is 22.7 Å². The molecule has 2 atom stereocenters. The molecule has 0 aliphatic carbocycles. The van der Waals surface area contributed by atoms with Crippen molar-refractivity contribution in [1.82, 2.24) is 9.62 Å². The van der Waals surface area contributed by atoms with Crippen molar-refractivity contribution in [3.63, 3.8) is 0 Å². The molecule has 156 valence electrons. The first kappa shape index (κ1) is 22.6. The molecule has 0 heterocycles. The average molecular weight is 419 g/mol. The number of carbonyl (C=O) groups excluding carboxylic acids is 2. The molecule has 0 aliphatic heterocycles. The Bertz CT molecular complexity index is 928. The Hall–Kier alpha value is -2.71. The van der Waals surface area contributed by atoms with Gasteiger partial charge in [0, 0.05) is 19.7 Å². The van der Waals surface area contributed by atoms with Crippen LogP contribution in [0.1, 0.15) is 25.5 Å². The zero-order valence-corrected chi connectivity index (χ0v) is 17.7. The Labute approximate surface area is 171 Å². The highest BCUT2D eigenvalue weighted by Gasteiger charge is 2.34. The second-order valence-electron chi connectivity index (χ2n) is 7.12. The van der Waals surface area contributed by atoms with E-state index in [9.17, 15) is 18.0 Å². The van der Waals surface area contributed by atoms with E-state index in [1.807, 2.05) is 0 Å². The molecular formula is C21H26N2O5S. The molecule has 0 aromatic heterocycles. The molecule has 0 spiro atoms. The highest BCUT2D eigenvalue weighted by molar-refractivity contribution is 7.89. The van der Waals surface area contributed by atoms with Crippen molar-refractivity contribution in [3.05, 3.63) is 66.2 Å². The molecule has 7 nitrogen and oxygen atoms in total. The van der Waals surface area contributed by atoms with Gasteiger partial charge in [0.1, 0.15) is 6.04 Å². The first-order chi connectivity index (χ1) is 13.6. The number of amides is 1. The predicted molar refractivity (Wildman–Crippen MR) is 109 cm³/mol. The Balaban J connectivity index is 2.28. The van der Waals surface area contributed by atoms with Crippen molar-refractivity contribution in [2.24, 2.45) is 5.92 Å². The van der Waals surface area contributed by atoms with Gasteiger partial charge in [0.25, 0.3) is 5.91 Å². The van der Waals surface area contributed by atoms with Gasteiger partial charge in [-0.15, -0.1) is 0 Å². The minimum atomic E-state index is -3.93. The molecule has 2 aromatic carbocycles. The lowest BCUT2D eigenvalue weighted by Crippen LogP contribution is -2.46. The maximum absolute atomic E-state index is 12.9. The minimum absolute atomic E-state index is 0.0439. The van der Waals surface area contributed by atoms with Gasteiger partial charge in [0.2, 0.25) is 16.1 Å². The van der Waals surface area contributed by atoms with Gasteiger partial charge in [-0.2, -0.15) is 4.72 Å². The first-order valence-electron chi connectivity index (χ1n) is 9.17. The summed E-state index contributed by atoms with van der Waals surface area (Å²) in [6.07, 6.45) is -1.17. The minimum Gasteiger partial charge on any atom is -0.446 e. The van der Waals surface area contributed by atoms with E-state index < -0.39 is 40.0 Å². The molecule has 8 heteroatoms. The molecule has 1 amide bonds. The monoisotopic (exact) mass is 418 g/mol. The van der Waals surface area contributed by atoms with Crippen LogP contribution in [-0.2, 0) is 24.3 Å². The van der Waals surface area contributed by atoms with Crippen LogP contribution < -0.4 is 4.72 Å². The zero-order valence-electron chi connectivity index (χ0n) is 16.9. The van der Waals surface area contributed by atoms with Crippen LogP contribution in [-0.4, -0.2) is 45.3 Å². The van der Waals surface area contributed by atoms with Gasteiger partial charge in [-0.3, -0.25) is 9.59 Å². The van der Waals surface area contributed by atoms with Crippen LogP contribution in [0.3, 0.4) is 0 Å². The summed E-state index contributed by atoms with van der Waals surface area (Å²) in [4.78, 5) is 26.8. The number of sulfonamides is 1. The Kier molecular flexibility index (Phi) is 7.53. The van der Waals surface area contributed by atoms with Gasteiger partial charge in [0.15, 0.2) is 0 Å². The summed E-state index contributed by atoms with van der Waals surface area (Å²) in [6, 6.07) is 15.2. The van der Waals surface area contributed by atoms with Gasteiger partial charge < -0.3 is 9.64 Å². The average Bonchev–Trinajstić information content (AvgIpc) is 2.70. The fourth-order valence-corrected chi connectivity index (χ4v) is 3.96. The van der Waals surface area contributed by atoms with E-state index in [0.717, 1.165) is 0 Å². The summed E-state index contributed by atoms with van der Waals surface area (Å²) in [7, 11) is -0.813. The third kappa shape index (κ3) is 5.88. The molecule has 2 rings (SSSR count). The highest BCUT2D eigenvalue weighted by atomic mass is 32.2. The Morgan fingerprint density at radius 2 is 1.45 bits per heavy atom. The molecule has 1 N–H and O–H groups in total. The Morgan fingerprint density at radius 3 is 1.93 bits per heavy atom. The van der Waals surface area contributed by atoms with Gasteiger partial charge in [-0.1, -0.05) is 62.4 Å². The molecular weight excluding hydrogens is 392 g/mol. The number of carbonyl (C=O) groups is 2. The maximum atomic E-state index is 12.9. The van der Waals surface area contributed by atoms with Crippen LogP contribution in [0.4, 0.5) is 0 Å². The predicted octanol–water partition coefficient (Wildman–Crippen LogP) is 2.36. The third-order valence-corrected chi connectivity index (χ3v) is 5.71. The third-order valence-electron chi connectivity index (χ3n) is 4.26. The van der Waals surface area contributed by atoms with Crippen molar-refractivity contribution in [1.29, 1.82) is 0 Å². The number of hydrogen-bond acceptors (Lipinski definition) is 5. The fraction of sp³-hybridized carbons (Fsp3) is 0.333. The van der Waals surface area contributed by atoms with Gasteiger partial charge in [-0.05, 0) is 18.1 Å². The van der Waals surface area contributed by atoms with Crippen LogP contribution in [0, 0.1) is 5.92 Å². The van der Waals surface area contributed by atoms with Gasteiger partial charge >= 0.3 is 5.97 Å². The number of nitrogens with zero attached hydrogens (tertiary/aromatic N) is 1. The van der Waals surface area contributed by atoms with Crippen molar-refractivity contribution in [2.45, 2.75) is 30.9 Å². The molecule has 0 radical (unpaired) electrons. The molecule has 0 fully saturated rings. The van der Waals surface area contributed by atoms with Crippen molar-refractivity contribution in [2.75, 3.05) is 14.1 Å². The van der Waals surface area contributed by atoms with Gasteiger partial charge in [0.05, 0.1) is 4.90 Å². The molecule has 0 unspecified atom stereocenters. The molecule has 29 heavy (non-hydrogen) atoms. The molecule has 0 saturated heterocycles. The smallest absolute Gasteiger partial charge is 0.325 e. The van der Waals surface area contributed by atoms with Crippen LogP contribution in [0.5, 0.6) is 0 Å². The lowest BCUT2D eigenvalue weighted by molar-refractivity contribution is -0.162. The van der Waals surface area contributed by atoms with E-state index in [4.69, 9.17) is 4.74 Å². The number of rotatable bonds is 8. The number of ether oxygens (including phenoxy) is 1. The van der Waals surface area contributed by atoms with Gasteiger partial charge in [-0.25, -0.2) is 8.42 Å². The zero-order chi connectivity index (χ0) is 21.6. The van der Waals surface area contributed by atoms with E-state index in [0.29, 0.717) is 5.56 Å². The summed E-state index contributed by atoms with van der Waals surface area (Å²) in [5.74, 6) is -1.63. The van der Waals surface area contributed by atoms with E-state index in [2.05, 4.69) is 4.72 Å². The van der Waals surface area contributed by atoms with Crippen LogP contribution in [0.15, 0.2) is 65.6 Å². The second-order valence-corrected chi connectivity index (χ2v) is 8.83. The van der Waals surface area contributed by atoms with Crippen LogP contribution in [0.2, 0.25) is 0 Å². The quantitative estimate of drug-likeness (QED) is 0.665.